The van der Waals surface area contributed by atoms with Crippen LogP contribution in [0.2, 0.25) is 0 Å². The molecule has 0 fully saturated rings. The first-order chi connectivity index (χ1) is 8.61. The summed E-state index contributed by atoms with van der Waals surface area (Å²) in [6, 6.07) is 4.27. The molecule has 0 atom stereocenters. The monoisotopic (exact) mass is 250 g/mol. The van der Waals surface area contributed by atoms with Crippen molar-refractivity contribution in [3.63, 3.8) is 0 Å². The van der Waals surface area contributed by atoms with Gasteiger partial charge in [0.1, 0.15) is 0 Å². The third kappa shape index (κ3) is 6.10. The van der Waals surface area contributed by atoms with Gasteiger partial charge in [0.2, 0.25) is 0 Å². The number of hydrogen-bond acceptors (Lipinski definition) is 4. The molecule has 0 unspecified atom stereocenters. The molecular formula is C14H26N4. The molecule has 1 N–H and O–H groups in total. The fourth-order valence-corrected chi connectivity index (χ4v) is 1.87. The third-order valence-corrected chi connectivity index (χ3v) is 2.84. The Balaban J connectivity index is 2.32. The highest BCUT2D eigenvalue weighted by atomic mass is 15.1. The van der Waals surface area contributed by atoms with Gasteiger partial charge >= 0.3 is 0 Å². The van der Waals surface area contributed by atoms with E-state index in [9.17, 15) is 0 Å². The van der Waals surface area contributed by atoms with Crippen LogP contribution in [0.25, 0.3) is 0 Å². The third-order valence-electron chi connectivity index (χ3n) is 2.84. The summed E-state index contributed by atoms with van der Waals surface area (Å²) in [6.45, 7) is 4.05. The summed E-state index contributed by atoms with van der Waals surface area (Å²) in [7, 11) is 8.33. The van der Waals surface area contributed by atoms with Crippen molar-refractivity contribution in [1.82, 2.24) is 20.1 Å². The van der Waals surface area contributed by atoms with Crippen molar-refractivity contribution in [3.8, 4) is 0 Å². The van der Waals surface area contributed by atoms with Crippen LogP contribution in [-0.2, 0) is 13.1 Å². The van der Waals surface area contributed by atoms with E-state index in [0.717, 1.165) is 31.9 Å². The second-order valence-corrected chi connectivity index (χ2v) is 5.08. The smallest absolute Gasteiger partial charge is 0.0544 e. The fourth-order valence-electron chi connectivity index (χ4n) is 1.87. The number of aromatic nitrogens is 1. The van der Waals surface area contributed by atoms with Gasteiger partial charge in [-0.1, -0.05) is 6.07 Å². The maximum Gasteiger partial charge on any atom is 0.0544 e. The van der Waals surface area contributed by atoms with Gasteiger partial charge in [-0.2, -0.15) is 0 Å². The van der Waals surface area contributed by atoms with Gasteiger partial charge in [-0.15, -0.1) is 0 Å². The molecule has 0 saturated heterocycles. The first kappa shape index (κ1) is 15.1. The van der Waals surface area contributed by atoms with Gasteiger partial charge in [-0.25, -0.2) is 0 Å². The van der Waals surface area contributed by atoms with Crippen molar-refractivity contribution in [1.29, 1.82) is 0 Å². The van der Waals surface area contributed by atoms with Crippen LogP contribution < -0.4 is 5.32 Å². The van der Waals surface area contributed by atoms with Gasteiger partial charge in [-0.05, 0) is 59.3 Å². The van der Waals surface area contributed by atoms with Crippen LogP contribution in [0, 0.1) is 0 Å². The quantitative estimate of drug-likeness (QED) is 0.751. The van der Waals surface area contributed by atoms with Gasteiger partial charge in [0.05, 0.1) is 5.69 Å². The first-order valence-electron chi connectivity index (χ1n) is 6.53. The molecule has 0 saturated carbocycles. The van der Waals surface area contributed by atoms with Crippen molar-refractivity contribution < 1.29 is 0 Å². The van der Waals surface area contributed by atoms with Crippen LogP contribution in [0.15, 0.2) is 18.3 Å². The van der Waals surface area contributed by atoms with Crippen LogP contribution >= 0.6 is 0 Å². The maximum atomic E-state index is 4.49. The van der Waals surface area contributed by atoms with Gasteiger partial charge in [0.15, 0.2) is 0 Å². The highest BCUT2D eigenvalue weighted by Crippen LogP contribution is 2.03. The van der Waals surface area contributed by atoms with Gasteiger partial charge < -0.3 is 15.1 Å². The molecule has 0 aliphatic rings. The number of nitrogens with one attached hydrogen (secondary N) is 1. The van der Waals surface area contributed by atoms with E-state index in [1.807, 2.05) is 13.2 Å². The molecule has 4 heteroatoms. The molecule has 1 heterocycles. The van der Waals surface area contributed by atoms with E-state index in [4.69, 9.17) is 0 Å². The lowest BCUT2D eigenvalue weighted by atomic mass is 10.2. The lowest BCUT2D eigenvalue weighted by Crippen LogP contribution is -2.23. The highest BCUT2D eigenvalue weighted by Gasteiger charge is 2.02. The van der Waals surface area contributed by atoms with Crippen molar-refractivity contribution >= 4 is 0 Å². The minimum Gasteiger partial charge on any atom is -0.316 e. The van der Waals surface area contributed by atoms with Crippen LogP contribution in [0.1, 0.15) is 17.7 Å². The normalized spacial score (nSPS) is 11.4. The zero-order valence-electron chi connectivity index (χ0n) is 12.1. The Labute approximate surface area is 111 Å². The zero-order chi connectivity index (χ0) is 13.4. The highest BCUT2D eigenvalue weighted by molar-refractivity contribution is 5.13. The number of nitrogens with zero attached hydrogens (tertiary/aromatic N) is 3. The molecule has 0 aliphatic carbocycles. The lowest BCUT2D eigenvalue weighted by molar-refractivity contribution is 0.292. The predicted octanol–water partition coefficient (Wildman–Crippen LogP) is 1.18. The Kier molecular flexibility index (Phi) is 6.86. The second kappa shape index (κ2) is 8.19. The molecular weight excluding hydrogens is 224 g/mol. The van der Waals surface area contributed by atoms with Crippen molar-refractivity contribution in [2.75, 3.05) is 41.3 Å². The SMILES string of the molecule is CNCc1ccc(CN(C)CCCN(C)C)nc1. The summed E-state index contributed by atoms with van der Waals surface area (Å²) in [5.41, 5.74) is 2.37. The summed E-state index contributed by atoms with van der Waals surface area (Å²) in [4.78, 5) is 9.03. The Morgan fingerprint density at radius 3 is 2.50 bits per heavy atom. The maximum absolute atomic E-state index is 4.49. The Bertz CT molecular complexity index is 321. The Hall–Kier alpha value is -0.970. The molecule has 4 nitrogen and oxygen atoms in total. The average molecular weight is 250 g/mol. The predicted molar refractivity (Wildman–Crippen MR) is 76.5 cm³/mol. The van der Waals surface area contributed by atoms with E-state index in [2.05, 4.69) is 53.4 Å². The van der Waals surface area contributed by atoms with Crippen molar-refractivity contribution in [2.24, 2.45) is 0 Å². The number of hydrogen-bond donors (Lipinski definition) is 1. The Morgan fingerprint density at radius 2 is 1.94 bits per heavy atom. The molecule has 0 aliphatic heterocycles. The van der Waals surface area contributed by atoms with Crippen LogP contribution in [-0.4, -0.2) is 56.1 Å². The van der Waals surface area contributed by atoms with E-state index in [0.29, 0.717) is 0 Å². The fraction of sp³-hybridized carbons (Fsp3) is 0.643. The van der Waals surface area contributed by atoms with Crippen molar-refractivity contribution in [2.45, 2.75) is 19.5 Å². The standard InChI is InChI=1S/C14H26N4/c1-15-10-13-6-7-14(16-11-13)12-18(4)9-5-8-17(2)3/h6-7,11,15H,5,8-10,12H2,1-4H3. The van der Waals surface area contributed by atoms with E-state index < -0.39 is 0 Å². The number of pyridine rings is 1. The molecule has 18 heavy (non-hydrogen) atoms. The van der Waals surface area contributed by atoms with E-state index in [-0.39, 0.29) is 0 Å². The molecule has 0 amide bonds. The van der Waals surface area contributed by atoms with E-state index >= 15 is 0 Å². The lowest BCUT2D eigenvalue weighted by Gasteiger charge is -2.17. The molecule has 1 rings (SSSR count). The molecule has 0 bridgehead atoms. The van der Waals surface area contributed by atoms with Crippen LogP contribution in [0.5, 0.6) is 0 Å². The van der Waals surface area contributed by atoms with E-state index in [1.165, 1.54) is 12.0 Å². The minimum absolute atomic E-state index is 0.881. The van der Waals surface area contributed by atoms with Crippen LogP contribution in [0.3, 0.4) is 0 Å². The summed E-state index contributed by atoms with van der Waals surface area (Å²) >= 11 is 0. The summed E-state index contributed by atoms with van der Waals surface area (Å²) < 4.78 is 0. The average Bonchev–Trinajstić information content (AvgIpc) is 2.31. The number of rotatable bonds is 8. The molecule has 0 spiro atoms. The van der Waals surface area contributed by atoms with Gasteiger partial charge in [-0.3, -0.25) is 4.98 Å². The van der Waals surface area contributed by atoms with Crippen molar-refractivity contribution in [3.05, 3.63) is 29.6 Å². The minimum atomic E-state index is 0.881. The summed E-state index contributed by atoms with van der Waals surface area (Å²) in [5.74, 6) is 0. The molecule has 0 aromatic carbocycles. The van der Waals surface area contributed by atoms with E-state index in [1.54, 1.807) is 0 Å². The largest absolute Gasteiger partial charge is 0.316 e. The molecule has 0 radical (unpaired) electrons. The summed E-state index contributed by atoms with van der Waals surface area (Å²) in [6.07, 6.45) is 3.15. The van der Waals surface area contributed by atoms with Gasteiger partial charge in [0, 0.05) is 19.3 Å². The topological polar surface area (TPSA) is 31.4 Å². The molecule has 1 aromatic rings. The second-order valence-electron chi connectivity index (χ2n) is 5.08. The first-order valence-corrected chi connectivity index (χ1v) is 6.53. The molecule has 1 aromatic heterocycles. The summed E-state index contributed by atoms with van der Waals surface area (Å²) in [5, 5.41) is 3.13. The van der Waals surface area contributed by atoms with Crippen LogP contribution in [0.4, 0.5) is 0 Å². The zero-order valence-corrected chi connectivity index (χ0v) is 12.1. The Morgan fingerprint density at radius 1 is 1.17 bits per heavy atom. The molecule has 102 valence electrons. The van der Waals surface area contributed by atoms with Gasteiger partial charge in [0.25, 0.3) is 0 Å².